The summed E-state index contributed by atoms with van der Waals surface area (Å²) < 4.78 is 6.07. The van der Waals surface area contributed by atoms with Crippen LogP contribution in [0.4, 0.5) is 0 Å². The molecule has 0 amide bonds. The molecule has 0 saturated carbocycles. The van der Waals surface area contributed by atoms with Crippen molar-refractivity contribution in [1.82, 2.24) is 9.78 Å². The fourth-order valence-corrected chi connectivity index (χ4v) is 0.751. The van der Waals surface area contributed by atoms with Crippen LogP contribution in [-0.2, 0) is 16.1 Å². The summed E-state index contributed by atoms with van der Waals surface area (Å²) >= 11 is 0. The Bertz CT molecular complexity index is 255. The molecular formula is C7H10N2O2. The van der Waals surface area contributed by atoms with Crippen molar-refractivity contribution in [3.63, 3.8) is 0 Å². The number of carbonyl (C=O) groups excluding carboxylic acids is 1. The first-order valence-electron chi connectivity index (χ1n) is 3.29. The normalized spacial score (nSPS) is 9.64. The minimum atomic E-state index is -0.281. The van der Waals surface area contributed by atoms with Gasteiger partial charge in [0.05, 0.1) is 7.11 Å². The van der Waals surface area contributed by atoms with Crippen molar-refractivity contribution in [3.05, 3.63) is 18.0 Å². The van der Waals surface area contributed by atoms with Crippen molar-refractivity contribution in [2.75, 3.05) is 7.11 Å². The Kier molecular flexibility index (Phi) is 2.25. The molecule has 0 aliphatic heterocycles. The first-order chi connectivity index (χ1) is 5.24. The number of ether oxygens (including phenoxy) is 1. The van der Waals surface area contributed by atoms with Crippen LogP contribution in [0.1, 0.15) is 5.69 Å². The van der Waals surface area contributed by atoms with Gasteiger partial charge in [0, 0.05) is 11.9 Å². The quantitative estimate of drug-likeness (QED) is 0.578. The average Bonchev–Trinajstić information content (AvgIpc) is 2.37. The molecule has 1 aromatic heterocycles. The first-order valence-corrected chi connectivity index (χ1v) is 3.29. The van der Waals surface area contributed by atoms with Gasteiger partial charge in [-0.25, -0.2) is 0 Å². The maximum Gasteiger partial charge on any atom is 0.327 e. The minimum Gasteiger partial charge on any atom is -0.468 e. The van der Waals surface area contributed by atoms with Crippen molar-refractivity contribution in [3.8, 4) is 0 Å². The van der Waals surface area contributed by atoms with E-state index in [2.05, 4.69) is 9.84 Å². The average molecular weight is 154 g/mol. The molecule has 0 saturated heterocycles. The zero-order valence-electron chi connectivity index (χ0n) is 6.57. The summed E-state index contributed by atoms with van der Waals surface area (Å²) in [4.78, 5) is 10.7. The van der Waals surface area contributed by atoms with E-state index in [9.17, 15) is 4.79 Å². The molecular weight excluding hydrogens is 144 g/mol. The second kappa shape index (κ2) is 3.18. The van der Waals surface area contributed by atoms with Crippen LogP contribution in [0.5, 0.6) is 0 Å². The third-order valence-corrected chi connectivity index (χ3v) is 1.44. The molecule has 0 radical (unpaired) electrons. The molecule has 0 unspecified atom stereocenters. The van der Waals surface area contributed by atoms with Crippen LogP contribution in [0.25, 0.3) is 0 Å². The van der Waals surface area contributed by atoms with Crippen molar-refractivity contribution in [2.24, 2.45) is 0 Å². The molecule has 4 nitrogen and oxygen atoms in total. The molecule has 1 heterocycles. The highest BCUT2D eigenvalue weighted by Gasteiger charge is 2.03. The Morgan fingerprint density at radius 2 is 2.55 bits per heavy atom. The molecule has 0 fully saturated rings. The molecule has 0 aliphatic rings. The highest BCUT2D eigenvalue weighted by atomic mass is 16.5. The van der Waals surface area contributed by atoms with E-state index in [0.29, 0.717) is 0 Å². The molecule has 0 N–H and O–H groups in total. The highest BCUT2D eigenvalue weighted by Crippen LogP contribution is 1.95. The predicted molar refractivity (Wildman–Crippen MR) is 39.0 cm³/mol. The Morgan fingerprint density at radius 1 is 1.82 bits per heavy atom. The van der Waals surface area contributed by atoms with Gasteiger partial charge in [-0.15, -0.1) is 0 Å². The Labute approximate surface area is 64.8 Å². The van der Waals surface area contributed by atoms with E-state index in [1.165, 1.54) is 7.11 Å². The van der Waals surface area contributed by atoms with Crippen molar-refractivity contribution in [1.29, 1.82) is 0 Å². The van der Waals surface area contributed by atoms with Gasteiger partial charge >= 0.3 is 5.97 Å². The Balaban J connectivity index is 2.64. The molecule has 4 heteroatoms. The Morgan fingerprint density at radius 3 is 3.00 bits per heavy atom. The van der Waals surface area contributed by atoms with E-state index in [-0.39, 0.29) is 12.5 Å². The van der Waals surface area contributed by atoms with Gasteiger partial charge in [0.25, 0.3) is 0 Å². The molecule has 0 bridgehead atoms. The van der Waals surface area contributed by atoms with Crippen LogP contribution in [0.3, 0.4) is 0 Å². The van der Waals surface area contributed by atoms with Crippen molar-refractivity contribution in [2.45, 2.75) is 13.5 Å². The maximum absolute atomic E-state index is 10.7. The summed E-state index contributed by atoms with van der Waals surface area (Å²) in [5.74, 6) is -0.281. The summed E-state index contributed by atoms with van der Waals surface area (Å²) in [6.45, 7) is 2.07. The minimum absolute atomic E-state index is 0.190. The standard InChI is InChI=1S/C7H10N2O2/c1-6-3-4-8-9(6)5-7(10)11-2/h3-4H,5H2,1-2H3. The molecule has 0 atom stereocenters. The number of aromatic nitrogens is 2. The lowest BCUT2D eigenvalue weighted by Crippen LogP contribution is -2.13. The first kappa shape index (κ1) is 7.78. The molecule has 1 aromatic rings. The van der Waals surface area contributed by atoms with Gasteiger partial charge in [-0.1, -0.05) is 0 Å². The largest absolute Gasteiger partial charge is 0.468 e. The second-order valence-corrected chi connectivity index (χ2v) is 2.21. The van der Waals surface area contributed by atoms with Crippen LogP contribution in [-0.4, -0.2) is 22.9 Å². The summed E-state index contributed by atoms with van der Waals surface area (Å²) in [6, 6.07) is 1.84. The Hall–Kier alpha value is -1.32. The zero-order chi connectivity index (χ0) is 8.27. The number of carbonyl (C=O) groups is 1. The number of hydrogen-bond donors (Lipinski definition) is 0. The number of hydrogen-bond acceptors (Lipinski definition) is 3. The summed E-state index contributed by atoms with van der Waals surface area (Å²) in [5, 5.41) is 3.92. The molecule has 0 aromatic carbocycles. The van der Waals surface area contributed by atoms with Gasteiger partial charge in [-0.3, -0.25) is 9.48 Å². The zero-order valence-corrected chi connectivity index (χ0v) is 6.57. The highest BCUT2D eigenvalue weighted by molar-refractivity contribution is 5.68. The van der Waals surface area contributed by atoms with Crippen molar-refractivity contribution >= 4 is 5.97 Å². The van der Waals surface area contributed by atoms with Gasteiger partial charge in [0.2, 0.25) is 0 Å². The number of esters is 1. The molecule has 0 spiro atoms. The summed E-state index contributed by atoms with van der Waals surface area (Å²) in [5.41, 5.74) is 0.954. The number of aryl methyl sites for hydroxylation is 1. The molecule has 60 valence electrons. The van der Waals surface area contributed by atoms with E-state index in [4.69, 9.17) is 0 Å². The molecule has 11 heavy (non-hydrogen) atoms. The summed E-state index contributed by atoms with van der Waals surface area (Å²) in [7, 11) is 1.36. The lowest BCUT2D eigenvalue weighted by molar-refractivity contribution is -0.141. The maximum atomic E-state index is 10.7. The van der Waals surface area contributed by atoms with E-state index in [1.807, 2.05) is 13.0 Å². The molecule has 0 aliphatic carbocycles. The number of nitrogens with zero attached hydrogens (tertiary/aromatic N) is 2. The van der Waals surface area contributed by atoms with E-state index >= 15 is 0 Å². The smallest absolute Gasteiger partial charge is 0.327 e. The van der Waals surface area contributed by atoms with Gasteiger partial charge in [-0.2, -0.15) is 5.10 Å². The SMILES string of the molecule is COC(=O)Cn1nccc1C. The van der Waals surface area contributed by atoms with Gasteiger partial charge in [0.1, 0.15) is 6.54 Å². The van der Waals surface area contributed by atoms with Crippen molar-refractivity contribution < 1.29 is 9.53 Å². The van der Waals surface area contributed by atoms with Crippen LogP contribution in [0.2, 0.25) is 0 Å². The third kappa shape index (κ3) is 1.80. The van der Waals surface area contributed by atoms with Gasteiger partial charge in [0.15, 0.2) is 0 Å². The second-order valence-electron chi connectivity index (χ2n) is 2.21. The summed E-state index contributed by atoms with van der Waals surface area (Å²) in [6.07, 6.45) is 1.65. The number of methoxy groups -OCH3 is 1. The molecule has 1 rings (SSSR count). The van der Waals surface area contributed by atoms with Crippen LogP contribution in [0.15, 0.2) is 12.3 Å². The van der Waals surface area contributed by atoms with E-state index in [1.54, 1.807) is 10.9 Å². The fraction of sp³-hybridized carbons (Fsp3) is 0.429. The van der Waals surface area contributed by atoms with E-state index in [0.717, 1.165) is 5.69 Å². The topological polar surface area (TPSA) is 44.1 Å². The van der Waals surface area contributed by atoms with E-state index < -0.39 is 0 Å². The lowest BCUT2D eigenvalue weighted by atomic mass is 10.5. The monoisotopic (exact) mass is 154 g/mol. The predicted octanol–water partition coefficient (Wildman–Crippen LogP) is 0.365. The van der Waals surface area contributed by atoms with Crippen LogP contribution < -0.4 is 0 Å². The lowest BCUT2D eigenvalue weighted by Gasteiger charge is -2.00. The third-order valence-electron chi connectivity index (χ3n) is 1.44. The fourth-order valence-electron chi connectivity index (χ4n) is 0.751. The van der Waals surface area contributed by atoms with Crippen LogP contribution >= 0.6 is 0 Å². The number of rotatable bonds is 2. The van der Waals surface area contributed by atoms with Gasteiger partial charge in [-0.05, 0) is 13.0 Å². The van der Waals surface area contributed by atoms with Crippen LogP contribution in [0, 0.1) is 6.92 Å². The van der Waals surface area contributed by atoms with Gasteiger partial charge < -0.3 is 4.74 Å².